The first kappa shape index (κ1) is 18.8. The van der Waals surface area contributed by atoms with Gasteiger partial charge in [-0.15, -0.1) is 0 Å². The van der Waals surface area contributed by atoms with Crippen molar-refractivity contribution in [2.45, 2.75) is 17.7 Å². The summed E-state index contributed by atoms with van der Waals surface area (Å²) in [6.07, 6.45) is 1.16. The molecule has 0 saturated heterocycles. The first-order chi connectivity index (χ1) is 9.77. The molecule has 0 amide bonds. The Morgan fingerprint density at radius 2 is 1.76 bits per heavy atom. The maximum atomic E-state index is 10.6. The molecule has 1 aromatic carbocycles. The maximum Gasteiger partial charge on any atom is 0.306 e. The summed E-state index contributed by atoms with van der Waals surface area (Å²) in [7, 11) is -4.00. The van der Waals surface area contributed by atoms with Gasteiger partial charge in [0.15, 0.2) is 0 Å². The number of esters is 1. The van der Waals surface area contributed by atoms with Crippen LogP contribution in [0.25, 0.3) is 0 Å². The van der Waals surface area contributed by atoms with Crippen molar-refractivity contribution < 1.29 is 32.4 Å². The van der Waals surface area contributed by atoms with E-state index in [2.05, 4.69) is 11.3 Å². The lowest BCUT2D eigenvalue weighted by atomic mass is 10.3. The molecule has 0 aliphatic rings. The van der Waals surface area contributed by atoms with Crippen LogP contribution in [0.15, 0.2) is 47.9 Å². The summed E-state index contributed by atoms with van der Waals surface area (Å²) in [6, 6.07) is 7.42. The molecule has 0 atom stereocenters. The second-order valence-electron chi connectivity index (χ2n) is 3.65. The normalized spacial score (nSPS) is 9.95. The molecule has 0 radical (unpaired) electrons. The van der Waals surface area contributed by atoms with E-state index >= 15 is 0 Å². The highest BCUT2D eigenvalue weighted by Crippen LogP contribution is 2.05. The van der Waals surface area contributed by atoms with Crippen molar-refractivity contribution in [3.63, 3.8) is 0 Å². The Hall–Kier alpha value is -2.19. The summed E-state index contributed by atoms with van der Waals surface area (Å²) in [4.78, 5) is 20.4. The van der Waals surface area contributed by atoms with Crippen molar-refractivity contribution in [1.82, 2.24) is 0 Å². The number of carbonyl (C=O) groups is 2. The second kappa shape index (κ2) is 9.67. The SMILES string of the molecule is C=CCOC(=O)CCC(=O)O.O=S(=O)(O)c1ccccc1. The van der Waals surface area contributed by atoms with E-state index in [0.29, 0.717) is 0 Å². The Morgan fingerprint density at radius 3 is 2.14 bits per heavy atom. The minimum absolute atomic E-state index is 0.0741. The van der Waals surface area contributed by atoms with Crippen molar-refractivity contribution >= 4 is 22.1 Å². The van der Waals surface area contributed by atoms with Gasteiger partial charge in [0.05, 0.1) is 17.7 Å². The molecule has 21 heavy (non-hydrogen) atoms. The largest absolute Gasteiger partial charge is 0.481 e. The van der Waals surface area contributed by atoms with E-state index in [4.69, 9.17) is 9.66 Å². The number of hydrogen-bond donors (Lipinski definition) is 2. The number of benzene rings is 1. The van der Waals surface area contributed by atoms with Crippen LogP contribution in [0.1, 0.15) is 12.8 Å². The molecule has 0 fully saturated rings. The smallest absolute Gasteiger partial charge is 0.306 e. The zero-order valence-corrected chi connectivity index (χ0v) is 12.0. The Bertz CT molecular complexity index is 563. The molecule has 8 heteroatoms. The van der Waals surface area contributed by atoms with Crippen molar-refractivity contribution in [1.29, 1.82) is 0 Å². The fourth-order valence-electron chi connectivity index (χ4n) is 1.03. The van der Waals surface area contributed by atoms with E-state index in [-0.39, 0.29) is 24.3 Å². The third-order valence-electron chi connectivity index (χ3n) is 1.95. The minimum Gasteiger partial charge on any atom is -0.481 e. The van der Waals surface area contributed by atoms with Crippen LogP contribution in [0, 0.1) is 0 Å². The Kier molecular flexibility index (Phi) is 8.66. The van der Waals surface area contributed by atoms with E-state index < -0.39 is 22.1 Å². The fourth-order valence-corrected chi connectivity index (χ4v) is 1.53. The van der Waals surface area contributed by atoms with Crippen molar-refractivity contribution in [3.8, 4) is 0 Å². The van der Waals surface area contributed by atoms with Crippen molar-refractivity contribution in [3.05, 3.63) is 43.0 Å². The van der Waals surface area contributed by atoms with E-state index in [0.717, 1.165) is 0 Å². The predicted octanol–water partition coefficient (Wildman–Crippen LogP) is 1.51. The second-order valence-corrected chi connectivity index (χ2v) is 5.08. The number of carboxylic acids is 1. The monoisotopic (exact) mass is 316 g/mol. The predicted molar refractivity (Wildman–Crippen MR) is 74.3 cm³/mol. The van der Waals surface area contributed by atoms with Crippen molar-refractivity contribution in [2.24, 2.45) is 0 Å². The van der Waals surface area contributed by atoms with Crippen LogP contribution in [0.5, 0.6) is 0 Å². The third kappa shape index (κ3) is 10.3. The molecule has 1 aromatic rings. The third-order valence-corrected chi connectivity index (χ3v) is 2.81. The number of rotatable bonds is 6. The average Bonchev–Trinajstić information content (AvgIpc) is 2.43. The summed E-state index contributed by atoms with van der Waals surface area (Å²) < 4.78 is 33.8. The zero-order chi connectivity index (χ0) is 16.3. The van der Waals surface area contributed by atoms with Gasteiger partial charge in [0.1, 0.15) is 6.61 Å². The summed E-state index contributed by atoms with van der Waals surface area (Å²) in [6.45, 7) is 3.47. The summed E-state index contributed by atoms with van der Waals surface area (Å²) in [5.74, 6) is -1.51. The fraction of sp³-hybridized carbons (Fsp3) is 0.231. The zero-order valence-electron chi connectivity index (χ0n) is 11.1. The molecular weight excluding hydrogens is 300 g/mol. The standard InChI is InChI=1S/C7H10O4.C6H6O3S/c1-2-5-11-7(10)4-3-6(8)9;7-10(8,9)6-4-2-1-3-5-6/h2H,1,3-5H2,(H,8,9);1-5H,(H,7,8,9). The van der Waals surface area contributed by atoms with Crippen LogP contribution < -0.4 is 0 Å². The van der Waals surface area contributed by atoms with Gasteiger partial charge in [0.25, 0.3) is 10.1 Å². The van der Waals surface area contributed by atoms with Gasteiger partial charge in [-0.2, -0.15) is 8.42 Å². The highest BCUT2D eigenvalue weighted by atomic mass is 32.2. The van der Waals surface area contributed by atoms with Gasteiger partial charge < -0.3 is 9.84 Å². The van der Waals surface area contributed by atoms with Gasteiger partial charge in [0.2, 0.25) is 0 Å². The van der Waals surface area contributed by atoms with Gasteiger partial charge >= 0.3 is 11.9 Å². The average molecular weight is 316 g/mol. The topological polar surface area (TPSA) is 118 Å². The summed E-state index contributed by atoms with van der Waals surface area (Å²) >= 11 is 0. The van der Waals surface area contributed by atoms with Crippen LogP contribution in [0.2, 0.25) is 0 Å². The molecule has 0 saturated carbocycles. The Morgan fingerprint density at radius 1 is 1.19 bits per heavy atom. The van der Waals surface area contributed by atoms with Gasteiger partial charge in [-0.3, -0.25) is 14.1 Å². The van der Waals surface area contributed by atoms with Crippen LogP contribution in [-0.4, -0.2) is 36.6 Å². The lowest BCUT2D eigenvalue weighted by Gasteiger charge is -1.98. The molecule has 0 aliphatic heterocycles. The summed E-state index contributed by atoms with van der Waals surface area (Å²) in [5, 5.41) is 8.16. The highest BCUT2D eigenvalue weighted by molar-refractivity contribution is 7.85. The molecule has 0 aliphatic carbocycles. The van der Waals surface area contributed by atoms with E-state index in [1.165, 1.54) is 18.2 Å². The van der Waals surface area contributed by atoms with Gasteiger partial charge in [-0.05, 0) is 12.1 Å². The number of aliphatic carboxylic acids is 1. The van der Waals surface area contributed by atoms with Gasteiger partial charge in [-0.1, -0.05) is 30.9 Å². The number of ether oxygens (including phenoxy) is 1. The van der Waals surface area contributed by atoms with Crippen LogP contribution in [0.4, 0.5) is 0 Å². The molecule has 0 bridgehead atoms. The lowest BCUT2D eigenvalue weighted by Crippen LogP contribution is -2.07. The molecule has 0 spiro atoms. The first-order valence-electron chi connectivity index (χ1n) is 5.78. The lowest BCUT2D eigenvalue weighted by molar-refractivity contribution is -0.146. The Labute approximate surface area is 122 Å². The molecule has 7 nitrogen and oxygen atoms in total. The molecule has 1 rings (SSSR count). The number of hydrogen-bond acceptors (Lipinski definition) is 5. The molecule has 2 N–H and O–H groups in total. The van der Waals surface area contributed by atoms with E-state index in [1.54, 1.807) is 18.2 Å². The molecule has 0 heterocycles. The number of carbonyl (C=O) groups excluding carboxylic acids is 1. The van der Waals surface area contributed by atoms with Gasteiger partial charge in [-0.25, -0.2) is 0 Å². The molecule has 116 valence electrons. The van der Waals surface area contributed by atoms with Crippen LogP contribution >= 0.6 is 0 Å². The molecule has 0 aromatic heterocycles. The van der Waals surface area contributed by atoms with Crippen molar-refractivity contribution in [2.75, 3.05) is 6.61 Å². The van der Waals surface area contributed by atoms with Crippen LogP contribution in [0.3, 0.4) is 0 Å². The summed E-state index contributed by atoms with van der Waals surface area (Å²) in [5.41, 5.74) is 0. The van der Waals surface area contributed by atoms with Gasteiger partial charge in [0, 0.05) is 0 Å². The molecular formula is C13H16O7S. The maximum absolute atomic E-state index is 10.6. The van der Waals surface area contributed by atoms with E-state index in [1.807, 2.05) is 0 Å². The first-order valence-corrected chi connectivity index (χ1v) is 7.22. The van der Waals surface area contributed by atoms with Crippen LogP contribution in [-0.2, 0) is 24.4 Å². The quantitative estimate of drug-likeness (QED) is 0.464. The Balaban J connectivity index is 0.000000382. The van der Waals surface area contributed by atoms with E-state index in [9.17, 15) is 18.0 Å². The highest BCUT2D eigenvalue weighted by Gasteiger charge is 2.06. The molecule has 0 unspecified atom stereocenters. The number of carboxylic acid groups (broad SMARTS) is 1. The minimum atomic E-state index is -4.00.